The molecule has 0 aromatic heterocycles. The van der Waals surface area contributed by atoms with E-state index < -0.39 is 24.9 Å². The molecule has 1 N–H and O–H groups in total. The van der Waals surface area contributed by atoms with Gasteiger partial charge in [0, 0.05) is 0 Å². The molecule has 0 saturated carbocycles. The predicted molar refractivity (Wildman–Crippen MR) is 61.9 cm³/mol. The van der Waals surface area contributed by atoms with E-state index in [4.69, 9.17) is 4.74 Å². The zero-order valence-electron chi connectivity index (χ0n) is 10.5. The Morgan fingerprint density at radius 1 is 1.42 bits per heavy atom. The van der Waals surface area contributed by atoms with Crippen LogP contribution in [0.2, 0.25) is 0 Å². The van der Waals surface area contributed by atoms with Gasteiger partial charge >= 0.3 is 12.3 Å². The standard InChI is InChI=1S/C12H14F3NO3/c1-8(9-4-3-5-10(6-9)18-2)16-11(17)19-7-12(13,14)15/h3-6,8H,7H2,1-2H3,(H,16,17). The lowest BCUT2D eigenvalue weighted by atomic mass is 10.1. The Balaban J connectivity index is 2.54. The number of halogens is 3. The average molecular weight is 277 g/mol. The SMILES string of the molecule is COc1cccc(C(C)NC(=O)OCC(F)(F)F)c1. The molecule has 0 aliphatic rings. The molecular formula is C12H14F3NO3. The first kappa shape index (κ1) is 15.1. The Hall–Kier alpha value is -1.92. The Morgan fingerprint density at radius 3 is 2.68 bits per heavy atom. The van der Waals surface area contributed by atoms with Gasteiger partial charge in [-0.1, -0.05) is 12.1 Å². The smallest absolute Gasteiger partial charge is 0.422 e. The summed E-state index contributed by atoms with van der Waals surface area (Å²) in [5, 5.41) is 2.30. The maximum Gasteiger partial charge on any atom is 0.422 e. The van der Waals surface area contributed by atoms with Crippen LogP contribution in [0.15, 0.2) is 24.3 Å². The van der Waals surface area contributed by atoms with Crippen molar-refractivity contribution in [1.29, 1.82) is 0 Å². The second-order valence-electron chi connectivity index (χ2n) is 3.83. The van der Waals surface area contributed by atoms with Crippen LogP contribution in [0.1, 0.15) is 18.5 Å². The first-order valence-electron chi connectivity index (χ1n) is 5.46. The number of nitrogens with one attached hydrogen (secondary N) is 1. The van der Waals surface area contributed by atoms with Crippen LogP contribution in [0.25, 0.3) is 0 Å². The molecule has 106 valence electrons. The van der Waals surface area contributed by atoms with Crippen molar-refractivity contribution in [2.45, 2.75) is 19.1 Å². The van der Waals surface area contributed by atoms with E-state index in [0.717, 1.165) is 0 Å². The molecule has 0 bridgehead atoms. The minimum absolute atomic E-state index is 0.490. The second-order valence-corrected chi connectivity index (χ2v) is 3.83. The van der Waals surface area contributed by atoms with Gasteiger partial charge in [0.2, 0.25) is 0 Å². The summed E-state index contributed by atoms with van der Waals surface area (Å²) in [4.78, 5) is 11.2. The van der Waals surface area contributed by atoms with Gasteiger partial charge in [0.05, 0.1) is 13.2 Å². The number of amides is 1. The van der Waals surface area contributed by atoms with Gasteiger partial charge < -0.3 is 14.8 Å². The van der Waals surface area contributed by atoms with Crippen LogP contribution in [0.3, 0.4) is 0 Å². The summed E-state index contributed by atoms with van der Waals surface area (Å²) in [6.45, 7) is 0.0211. The van der Waals surface area contributed by atoms with E-state index in [-0.39, 0.29) is 0 Å². The molecule has 0 aliphatic heterocycles. The second kappa shape index (κ2) is 6.31. The third-order valence-electron chi connectivity index (χ3n) is 2.30. The summed E-state index contributed by atoms with van der Waals surface area (Å²) in [5.41, 5.74) is 0.698. The summed E-state index contributed by atoms with van der Waals surface area (Å²) < 4.78 is 44.6. The first-order chi connectivity index (χ1) is 8.81. The molecule has 0 spiro atoms. The van der Waals surface area contributed by atoms with E-state index in [0.29, 0.717) is 11.3 Å². The highest BCUT2D eigenvalue weighted by atomic mass is 19.4. The number of methoxy groups -OCH3 is 1. The number of carbonyl (C=O) groups is 1. The zero-order chi connectivity index (χ0) is 14.5. The molecule has 7 heteroatoms. The Kier molecular flexibility index (Phi) is 5.02. The van der Waals surface area contributed by atoms with Crippen LogP contribution in [0, 0.1) is 0 Å². The molecule has 1 atom stereocenters. The monoisotopic (exact) mass is 277 g/mol. The molecule has 1 rings (SSSR count). The van der Waals surface area contributed by atoms with E-state index in [1.165, 1.54) is 7.11 Å². The Labute approximate surface area is 108 Å². The van der Waals surface area contributed by atoms with Gasteiger partial charge in [-0.25, -0.2) is 4.79 Å². The van der Waals surface area contributed by atoms with Gasteiger partial charge in [0.1, 0.15) is 5.75 Å². The number of hydrogen-bond donors (Lipinski definition) is 1. The summed E-state index contributed by atoms with van der Waals surface area (Å²) in [7, 11) is 1.49. The highest BCUT2D eigenvalue weighted by Gasteiger charge is 2.29. The Bertz CT molecular complexity index is 434. The van der Waals surface area contributed by atoms with E-state index in [2.05, 4.69) is 10.1 Å². The molecule has 1 aromatic carbocycles. The van der Waals surface area contributed by atoms with E-state index in [9.17, 15) is 18.0 Å². The van der Waals surface area contributed by atoms with Crippen molar-refractivity contribution in [3.8, 4) is 5.75 Å². The van der Waals surface area contributed by atoms with Gasteiger partial charge in [-0.3, -0.25) is 0 Å². The van der Waals surface area contributed by atoms with Crippen molar-refractivity contribution < 1.29 is 27.4 Å². The third kappa shape index (κ3) is 5.50. The fourth-order valence-electron chi connectivity index (χ4n) is 1.36. The molecule has 1 amide bonds. The summed E-state index contributed by atoms with van der Waals surface area (Å²) in [6, 6.07) is 6.34. The summed E-state index contributed by atoms with van der Waals surface area (Å²) >= 11 is 0. The maximum atomic E-state index is 11.9. The van der Waals surface area contributed by atoms with Gasteiger partial charge in [-0.2, -0.15) is 13.2 Å². The molecule has 0 radical (unpaired) electrons. The fourth-order valence-corrected chi connectivity index (χ4v) is 1.36. The number of carbonyl (C=O) groups excluding carboxylic acids is 1. The van der Waals surface area contributed by atoms with Crippen LogP contribution in [0.5, 0.6) is 5.75 Å². The predicted octanol–water partition coefficient (Wildman–Crippen LogP) is 3.04. The van der Waals surface area contributed by atoms with Crippen LogP contribution in [-0.2, 0) is 4.74 Å². The number of rotatable bonds is 4. The lowest BCUT2D eigenvalue weighted by Crippen LogP contribution is -2.30. The largest absolute Gasteiger partial charge is 0.497 e. The van der Waals surface area contributed by atoms with E-state index >= 15 is 0 Å². The number of hydrogen-bond acceptors (Lipinski definition) is 3. The number of alkyl carbamates (subject to hydrolysis) is 1. The van der Waals surface area contributed by atoms with Crippen LogP contribution < -0.4 is 10.1 Å². The van der Waals surface area contributed by atoms with Crippen LogP contribution in [-0.4, -0.2) is 26.0 Å². The molecule has 1 aromatic rings. The normalized spacial score (nSPS) is 12.7. The van der Waals surface area contributed by atoms with Gasteiger partial charge in [0.15, 0.2) is 6.61 Å². The number of ether oxygens (including phenoxy) is 2. The van der Waals surface area contributed by atoms with Crippen molar-refractivity contribution in [3.05, 3.63) is 29.8 Å². The summed E-state index contributed by atoms with van der Waals surface area (Å²) in [5.74, 6) is 0.592. The maximum absolute atomic E-state index is 11.9. The van der Waals surface area contributed by atoms with Crippen molar-refractivity contribution in [2.75, 3.05) is 13.7 Å². The highest BCUT2D eigenvalue weighted by Crippen LogP contribution is 2.19. The highest BCUT2D eigenvalue weighted by molar-refractivity contribution is 5.67. The van der Waals surface area contributed by atoms with Crippen molar-refractivity contribution in [2.24, 2.45) is 0 Å². The van der Waals surface area contributed by atoms with Crippen molar-refractivity contribution >= 4 is 6.09 Å². The van der Waals surface area contributed by atoms with Crippen LogP contribution in [0.4, 0.5) is 18.0 Å². The molecule has 1 unspecified atom stereocenters. The third-order valence-corrected chi connectivity index (χ3v) is 2.30. The number of benzene rings is 1. The van der Waals surface area contributed by atoms with Crippen LogP contribution >= 0.6 is 0 Å². The molecule has 0 aliphatic carbocycles. The molecular weight excluding hydrogens is 263 g/mol. The summed E-state index contributed by atoms with van der Waals surface area (Å²) in [6.07, 6.45) is -5.65. The zero-order valence-corrected chi connectivity index (χ0v) is 10.5. The van der Waals surface area contributed by atoms with Crippen molar-refractivity contribution in [1.82, 2.24) is 5.32 Å². The first-order valence-corrected chi connectivity index (χ1v) is 5.46. The minimum Gasteiger partial charge on any atom is -0.497 e. The number of alkyl halides is 3. The average Bonchev–Trinajstić information content (AvgIpc) is 2.35. The molecule has 0 heterocycles. The lowest BCUT2D eigenvalue weighted by Gasteiger charge is -2.15. The molecule has 0 saturated heterocycles. The quantitative estimate of drug-likeness (QED) is 0.920. The lowest BCUT2D eigenvalue weighted by molar-refractivity contribution is -0.160. The van der Waals surface area contributed by atoms with E-state index in [1.54, 1.807) is 31.2 Å². The Morgan fingerprint density at radius 2 is 2.11 bits per heavy atom. The minimum atomic E-state index is -4.53. The molecule has 0 fully saturated rings. The molecule has 4 nitrogen and oxygen atoms in total. The van der Waals surface area contributed by atoms with Gasteiger partial charge in [-0.15, -0.1) is 0 Å². The van der Waals surface area contributed by atoms with Gasteiger partial charge in [-0.05, 0) is 24.6 Å². The van der Waals surface area contributed by atoms with Gasteiger partial charge in [0.25, 0.3) is 0 Å². The van der Waals surface area contributed by atoms with Crippen molar-refractivity contribution in [3.63, 3.8) is 0 Å². The fraction of sp³-hybridized carbons (Fsp3) is 0.417. The van der Waals surface area contributed by atoms with E-state index in [1.807, 2.05) is 0 Å². The topological polar surface area (TPSA) is 47.6 Å². The molecule has 19 heavy (non-hydrogen) atoms.